The predicted molar refractivity (Wildman–Crippen MR) is 83.2 cm³/mol. The first kappa shape index (κ1) is 15.6. The smallest absolute Gasteiger partial charge is 0.338 e. The molecule has 2 atom stereocenters. The molecule has 2 heterocycles. The van der Waals surface area contributed by atoms with Crippen LogP contribution in [0.4, 0.5) is 5.69 Å². The molecule has 23 heavy (non-hydrogen) atoms. The van der Waals surface area contributed by atoms with E-state index in [4.69, 9.17) is 4.74 Å². The van der Waals surface area contributed by atoms with Crippen molar-refractivity contribution in [3.63, 3.8) is 0 Å². The molecule has 0 saturated carbocycles. The van der Waals surface area contributed by atoms with E-state index < -0.39 is 10.9 Å². The summed E-state index contributed by atoms with van der Waals surface area (Å²) in [6.07, 6.45) is 2.71. The second-order valence-electron chi connectivity index (χ2n) is 5.80. The molecule has 2 aliphatic heterocycles. The van der Waals surface area contributed by atoms with Crippen molar-refractivity contribution in [3.8, 4) is 0 Å². The Bertz CT molecular complexity index is 685. The number of methoxy groups -OCH3 is 1. The van der Waals surface area contributed by atoms with E-state index in [-0.39, 0.29) is 23.3 Å². The molecule has 0 N–H and O–H groups in total. The van der Waals surface area contributed by atoms with Gasteiger partial charge >= 0.3 is 5.97 Å². The van der Waals surface area contributed by atoms with Crippen LogP contribution in [0.25, 0.3) is 5.57 Å². The molecule has 0 aliphatic carbocycles. The summed E-state index contributed by atoms with van der Waals surface area (Å²) in [7, 11) is 3.29. The Balaban J connectivity index is 2.02. The molecular formula is C16H18N2O5. The van der Waals surface area contributed by atoms with Crippen LogP contribution in [0, 0.1) is 10.1 Å². The largest absolute Gasteiger partial charge is 0.465 e. The molecule has 2 bridgehead atoms. The van der Waals surface area contributed by atoms with E-state index in [0.29, 0.717) is 25.2 Å². The monoisotopic (exact) mass is 318 g/mol. The van der Waals surface area contributed by atoms with Crippen LogP contribution < -0.4 is 0 Å². The summed E-state index contributed by atoms with van der Waals surface area (Å²) < 4.78 is 10.2. The maximum absolute atomic E-state index is 11.6. The Morgan fingerprint density at radius 2 is 2.22 bits per heavy atom. The minimum Gasteiger partial charge on any atom is -0.465 e. The molecule has 0 radical (unpaired) electrons. The zero-order chi connectivity index (χ0) is 16.6. The number of carbonyl (C=O) groups excluding carboxylic acids is 1. The Morgan fingerprint density at radius 3 is 2.87 bits per heavy atom. The van der Waals surface area contributed by atoms with Crippen LogP contribution in [0.2, 0.25) is 0 Å². The van der Waals surface area contributed by atoms with Crippen molar-refractivity contribution < 1.29 is 19.2 Å². The number of fused-ring (bicyclic) bond motifs is 2. The third-order valence-corrected chi connectivity index (χ3v) is 4.51. The van der Waals surface area contributed by atoms with Crippen LogP contribution in [0.5, 0.6) is 0 Å². The van der Waals surface area contributed by atoms with Gasteiger partial charge in [-0.3, -0.25) is 15.0 Å². The van der Waals surface area contributed by atoms with Crippen LogP contribution in [0.15, 0.2) is 24.3 Å². The van der Waals surface area contributed by atoms with Gasteiger partial charge in [-0.25, -0.2) is 4.79 Å². The Hall–Kier alpha value is -2.25. The summed E-state index contributed by atoms with van der Waals surface area (Å²) in [4.78, 5) is 24.8. The first-order chi connectivity index (χ1) is 11.0. The van der Waals surface area contributed by atoms with E-state index >= 15 is 0 Å². The molecule has 1 saturated heterocycles. The summed E-state index contributed by atoms with van der Waals surface area (Å²) in [5, 5.41) is 11.4. The van der Waals surface area contributed by atoms with Crippen molar-refractivity contribution in [2.24, 2.45) is 0 Å². The molecular weight excluding hydrogens is 300 g/mol. The van der Waals surface area contributed by atoms with Gasteiger partial charge < -0.3 is 9.47 Å². The lowest BCUT2D eigenvalue weighted by Crippen LogP contribution is -2.51. The number of nitro benzene ring substituents is 1. The quantitative estimate of drug-likeness (QED) is 0.481. The first-order valence-electron chi connectivity index (χ1n) is 7.38. The summed E-state index contributed by atoms with van der Waals surface area (Å²) in [5.74, 6) is -0.581. The number of nitro groups is 1. The number of ether oxygens (including phenoxy) is 2. The third-order valence-electron chi connectivity index (χ3n) is 4.51. The first-order valence-corrected chi connectivity index (χ1v) is 7.38. The number of hydrogen-bond donors (Lipinski definition) is 0. The molecule has 1 fully saturated rings. The van der Waals surface area contributed by atoms with Gasteiger partial charge in [-0.1, -0.05) is 6.08 Å². The number of esters is 1. The van der Waals surface area contributed by atoms with Gasteiger partial charge in [-0.05, 0) is 31.2 Å². The topological polar surface area (TPSA) is 81.9 Å². The molecule has 2 unspecified atom stereocenters. The van der Waals surface area contributed by atoms with Gasteiger partial charge in [-0.2, -0.15) is 0 Å². The third kappa shape index (κ3) is 2.85. The highest BCUT2D eigenvalue weighted by molar-refractivity contribution is 5.91. The highest BCUT2D eigenvalue weighted by Gasteiger charge is 2.34. The second-order valence-corrected chi connectivity index (χ2v) is 5.80. The predicted octanol–water partition coefficient (Wildman–Crippen LogP) is 1.87. The zero-order valence-corrected chi connectivity index (χ0v) is 13.0. The van der Waals surface area contributed by atoms with Crippen LogP contribution in [-0.2, 0) is 9.47 Å². The number of morpholine rings is 1. The maximum atomic E-state index is 11.6. The van der Waals surface area contributed by atoms with Gasteiger partial charge in [0.15, 0.2) is 0 Å². The van der Waals surface area contributed by atoms with E-state index in [9.17, 15) is 14.9 Å². The normalized spacial score (nSPS) is 24.0. The SMILES string of the molecule is COC(=O)c1ccc(C2=CC3COCC(C2)N3C)c([N+](=O)[O-])c1. The van der Waals surface area contributed by atoms with Gasteiger partial charge in [-0.15, -0.1) is 0 Å². The lowest BCUT2D eigenvalue weighted by molar-refractivity contribution is -0.385. The van der Waals surface area contributed by atoms with Gasteiger partial charge in [0.2, 0.25) is 0 Å². The zero-order valence-electron chi connectivity index (χ0n) is 13.0. The van der Waals surface area contributed by atoms with Crippen molar-refractivity contribution in [1.29, 1.82) is 0 Å². The second kappa shape index (κ2) is 6.10. The summed E-state index contributed by atoms with van der Waals surface area (Å²) in [6, 6.07) is 4.83. The van der Waals surface area contributed by atoms with Crippen LogP contribution >= 0.6 is 0 Å². The number of likely N-dealkylation sites (N-methyl/N-ethyl adjacent to an activating group) is 1. The van der Waals surface area contributed by atoms with Crippen molar-refractivity contribution in [2.45, 2.75) is 18.5 Å². The molecule has 7 heteroatoms. The average molecular weight is 318 g/mol. The average Bonchev–Trinajstić information content (AvgIpc) is 2.53. The van der Waals surface area contributed by atoms with E-state index in [0.717, 1.165) is 5.57 Å². The van der Waals surface area contributed by atoms with Gasteiger partial charge in [0.05, 0.1) is 42.4 Å². The molecule has 0 amide bonds. The molecule has 122 valence electrons. The Kier molecular flexibility index (Phi) is 4.14. The Labute approximate surface area is 133 Å². The van der Waals surface area contributed by atoms with Gasteiger partial charge in [0, 0.05) is 12.1 Å². The highest BCUT2D eigenvalue weighted by Crippen LogP contribution is 2.36. The fourth-order valence-electron chi connectivity index (χ4n) is 3.15. The fourth-order valence-corrected chi connectivity index (χ4v) is 3.15. The van der Waals surface area contributed by atoms with Crippen molar-refractivity contribution in [1.82, 2.24) is 4.90 Å². The number of benzene rings is 1. The van der Waals surface area contributed by atoms with Crippen LogP contribution in [0.3, 0.4) is 0 Å². The minimum atomic E-state index is -0.581. The number of nitrogens with zero attached hydrogens (tertiary/aromatic N) is 2. The Morgan fingerprint density at radius 1 is 1.43 bits per heavy atom. The number of rotatable bonds is 3. The molecule has 2 aliphatic rings. The van der Waals surface area contributed by atoms with E-state index in [2.05, 4.69) is 9.64 Å². The fraction of sp³-hybridized carbons (Fsp3) is 0.438. The molecule has 1 aromatic carbocycles. The lowest BCUT2D eigenvalue weighted by Gasteiger charge is -2.42. The highest BCUT2D eigenvalue weighted by atomic mass is 16.6. The maximum Gasteiger partial charge on any atom is 0.338 e. The standard InChI is InChI=1S/C16H18N2O5/c1-17-12-5-11(6-13(17)9-23-8-12)14-4-3-10(16(19)22-2)7-15(14)18(20)21/h3-5,7,12-13H,6,8-9H2,1-2H3. The summed E-state index contributed by atoms with van der Waals surface area (Å²) in [5.41, 5.74) is 1.61. The molecule has 7 nitrogen and oxygen atoms in total. The van der Waals surface area contributed by atoms with E-state index in [1.54, 1.807) is 12.1 Å². The van der Waals surface area contributed by atoms with Crippen LogP contribution in [0.1, 0.15) is 22.3 Å². The van der Waals surface area contributed by atoms with E-state index in [1.807, 2.05) is 13.1 Å². The minimum absolute atomic E-state index is 0.0669. The van der Waals surface area contributed by atoms with Gasteiger partial charge in [0.25, 0.3) is 5.69 Å². The number of carbonyl (C=O) groups is 1. The summed E-state index contributed by atoms with van der Waals surface area (Å²) >= 11 is 0. The van der Waals surface area contributed by atoms with Crippen molar-refractivity contribution in [3.05, 3.63) is 45.5 Å². The van der Waals surface area contributed by atoms with Crippen molar-refractivity contribution in [2.75, 3.05) is 27.4 Å². The molecule has 0 aromatic heterocycles. The molecule has 1 aromatic rings. The lowest BCUT2D eigenvalue weighted by atomic mass is 9.89. The van der Waals surface area contributed by atoms with Gasteiger partial charge in [0.1, 0.15) is 0 Å². The molecule has 0 spiro atoms. The van der Waals surface area contributed by atoms with E-state index in [1.165, 1.54) is 13.2 Å². The summed E-state index contributed by atoms with van der Waals surface area (Å²) in [6.45, 7) is 1.21. The van der Waals surface area contributed by atoms with Crippen LogP contribution in [-0.4, -0.2) is 55.2 Å². The van der Waals surface area contributed by atoms with Crippen molar-refractivity contribution >= 4 is 17.2 Å². The number of hydrogen-bond acceptors (Lipinski definition) is 6. The molecule has 3 rings (SSSR count).